The third-order valence-corrected chi connectivity index (χ3v) is 4.53. The van der Waals surface area contributed by atoms with Crippen LogP contribution in [0, 0.1) is 0 Å². The number of amides is 1. The van der Waals surface area contributed by atoms with E-state index in [0.29, 0.717) is 22.9 Å². The van der Waals surface area contributed by atoms with Gasteiger partial charge in [0.2, 0.25) is 5.91 Å². The highest BCUT2D eigenvalue weighted by Crippen LogP contribution is 2.23. The molecule has 0 heterocycles. The first kappa shape index (κ1) is 21.1. The molecule has 0 aliphatic carbocycles. The van der Waals surface area contributed by atoms with Gasteiger partial charge in [0.05, 0.1) is 23.4 Å². The van der Waals surface area contributed by atoms with Gasteiger partial charge in [0, 0.05) is 6.08 Å². The number of esters is 1. The van der Waals surface area contributed by atoms with Gasteiger partial charge in [-0.3, -0.25) is 4.79 Å². The van der Waals surface area contributed by atoms with Gasteiger partial charge in [0.15, 0.2) is 0 Å². The summed E-state index contributed by atoms with van der Waals surface area (Å²) < 4.78 is 10.4. The Morgan fingerprint density at radius 2 is 1.73 bits per heavy atom. The van der Waals surface area contributed by atoms with E-state index < -0.39 is 5.97 Å². The van der Waals surface area contributed by atoms with E-state index >= 15 is 0 Å². The fraction of sp³-hybridized carbons (Fsp3) is 0.0833. The van der Waals surface area contributed by atoms with E-state index in [1.165, 1.54) is 31.4 Å². The van der Waals surface area contributed by atoms with Gasteiger partial charge < -0.3 is 14.8 Å². The number of methoxy groups -OCH3 is 1. The zero-order valence-corrected chi connectivity index (χ0v) is 17.1. The van der Waals surface area contributed by atoms with Crippen LogP contribution in [0.4, 0.5) is 5.69 Å². The number of carbonyl (C=O) groups is 2. The van der Waals surface area contributed by atoms with Crippen molar-refractivity contribution < 1.29 is 19.1 Å². The van der Waals surface area contributed by atoms with Crippen molar-refractivity contribution in [3.8, 4) is 5.75 Å². The van der Waals surface area contributed by atoms with Crippen molar-refractivity contribution in [2.75, 3.05) is 12.4 Å². The molecule has 0 fully saturated rings. The Morgan fingerprint density at radius 3 is 2.43 bits per heavy atom. The van der Waals surface area contributed by atoms with Crippen molar-refractivity contribution in [1.29, 1.82) is 0 Å². The van der Waals surface area contributed by atoms with E-state index in [1.54, 1.807) is 6.08 Å². The molecular formula is C24H20ClNO4. The summed E-state index contributed by atoms with van der Waals surface area (Å²) in [6, 6.07) is 21.8. The maximum atomic E-state index is 12.2. The molecule has 1 amide bonds. The van der Waals surface area contributed by atoms with Gasteiger partial charge in [0.25, 0.3) is 0 Å². The van der Waals surface area contributed by atoms with E-state index in [2.05, 4.69) is 10.1 Å². The lowest BCUT2D eigenvalue weighted by atomic mass is 10.2. The largest absolute Gasteiger partial charge is 0.489 e. The number of halogens is 1. The summed E-state index contributed by atoms with van der Waals surface area (Å²) in [4.78, 5) is 23.8. The van der Waals surface area contributed by atoms with Crippen LogP contribution in [0.25, 0.3) is 6.08 Å². The van der Waals surface area contributed by atoms with Crippen molar-refractivity contribution in [2.45, 2.75) is 6.61 Å². The summed E-state index contributed by atoms with van der Waals surface area (Å²) in [6.07, 6.45) is 3.06. The third-order valence-electron chi connectivity index (χ3n) is 4.20. The first-order valence-electron chi connectivity index (χ1n) is 9.19. The number of benzene rings is 3. The Hall–Kier alpha value is -3.57. The maximum Gasteiger partial charge on any atom is 0.337 e. The predicted molar refractivity (Wildman–Crippen MR) is 118 cm³/mol. The lowest BCUT2D eigenvalue weighted by Gasteiger charge is -2.07. The summed E-state index contributed by atoms with van der Waals surface area (Å²) >= 11 is 6.09. The Labute approximate surface area is 179 Å². The lowest BCUT2D eigenvalue weighted by Crippen LogP contribution is -2.09. The molecule has 3 rings (SSSR count). The van der Waals surface area contributed by atoms with Gasteiger partial charge in [-0.15, -0.1) is 0 Å². The van der Waals surface area contributed by atoms with Crippen LogP contribution in [0.2, 0.25) is 5.02 Å². The van der Waals surface area contributed by atoms with Gasteiger partial charge in [-0.25, -0.2) is 4.79 Å². The minimum absolute atomic E-state index is 0.298. The van der Waals surface area contributed by atoms with Gasteiger partial charge in [-0.2, -0.15) is 0 Å². The molecule has 5 nitrogen and oxygen atoms in total. The minimum atomic E-state index is -0.507. The van der Waals surface area contributed by atoms with Gasteiger partial charge in [0.1, 0.15) is 12.4 Å². The van der Waals surface area contributed by atoms with E-state index in [0.717, 1.165) is 16.9 Å². The number of hydrogen-bond acceptors (Lipinski definition) is 4. The Kier molecular flexibility index (Phi) is 7.24. The van der Waals surface area contributed by atoms with Crippen LogP contribution < -0.4 is 10.1 Å². The molecule has 0 aliphatic heterocycles. The van der Waals surface area contributed by atoms with Crippen LogP contribution in [-0.2, 0) is 16.1 Å². The Balaban J connectivity index is 1.58. The van der Waals surface area contributed by atoms with Crippen molar-refractivity contribution in [3.63, 3.8) is 0 Å². The van der Waals surface area contributed by atoms with Crippen LogP contribution in [0.1, 0.15) is 21.5 Å². The second-order valence-corrected chi connectivity index (χ2v) is 6.76. The second-order valence-electron chi connectivity index (χ2n) is 6.35. The molecule has 3 aromatic rings. The summed E-state index contributed by atoms with van der Waals surface area (Å²) in [6.45, 7) is 0.490. The molecule has 0 spiro atoms. The Bertz CT molecular complexity index is 1050. The van der Waals surface area contributed by atoms with E-state index in [9.17, 15) is 9.59 Å². The van der Waals surface area contributed by atoms with E-state index in [-0.39, 0.29) is 5.91 Å². The lowest BCUT2D eigenvalue weighted by molar-refractivity contribution is -0.111. The summed E-state index contributed by atoms with van der Waals surface area (Å²) in [7, 11) is 1.29. The molecule has 3 aromatic carbocycles. The highest BCUT2D eigenvalue weighted by atomic mass is 35.5. The first-order chi connectivity index (χ1) is 14.5. The molecule has 0 aliphatic rings. The molecule has 6 heteroatoms. The topological polar surface area (TPSA) is 64.6 Å². The minimum Gasteiger partial charge on any atom is -0.489 e. The van der Waals surface area contributed by atoms with Crippen molar-refractivity contribution in [2.24, 2.45) is 0 Å². The number of anilines is 1. The van der Waals surface area contributed by atoms with Crippen LogP contribution in [0.15, 0.2) is 78.9 Å². The van der Waals surface area contributed by atoms with Crippen LogP contribution >= 0.6 is 11.6 Å². The van der Waals surface area contributed by atoms with Gasteiger partial charge in [-0.1, -0.05) is 54.1 Å². The fourth-order valence-electron chi connectivity index (χ4n) is 2.63. The normalized spacial score (nSPS) is 10.6. The van der Waals surface area contributed by atoms with E-state index in [4.69, 9.17) is 16.3 Å². The standard InChI is InChI=1S/C24H20ClNO4/c1-29-24(28)19-10-13-21(25)22(15-19)26-23(27)14-9-17-7-11-20(12-8-17)30-16-18-5-3-2-4-6-18/h2-15H,16H2,1H3,(H,26,27)/b14-9+. The summed E-state index contributed by atoms with van der Waals surface area (Å²) in [5.74, 6) is -0.137. The zero-order valence-electron chi connectivity index (χ0n) is 16.3. The monoisotopic (exact) mass is 421 g/mol. The number of nitrogens with one attached hydrogen (secondary N) is 1. The summed E-state index contributed by atoms with van der Waals surface area (Å²) in [5, 5.41) is 2.98. The smallest absolute Gasteiger partial charge is 0.337 e. The van der Waals surface area contributed by atoms with Crippen LogP contribution in [-0.4, -0.2) is 19.0 Å². The molecule has 1 N–H and O–H groups in total. The molecule has 152 valence electrons. The van der Waals surface area contributed by atoms with Crippen LogP contribution in [0.3, 0.4) is 0 Å². The van der Waals surface area contributed by atoms with Gasteiger partial charge >= 0.3 is 5.97 Å². The molecule has 0 saturated carbocycles. The van der Waals surface area contributed by atoms with Crippen molar-refractivity contribution in [3.05, 3.63) is 101 Å². The molecule has 0 unspecified atom stereocenters. The van der Waals surface area contributed by atoms with Gasteiger partial charge in [-0.05, 0) is 47.5 Å². The van der Waals surface area contributed by atoms with Crippen LogP contribution in [0.5, 0.6) is 5.75 Å². The SMILES string of the molecule is COC(=O)c1ccc(Cl)c(NC(=O)/C=C/c2ccc(OCc3ccccc3)cc2)c1. The number of hydrogen-bond donors (Lipinski definition) is 1. The molecule has 0 radical (unpaired) electrons. The summed E-state index contributed by atoms with van der Waals surface area (Å²) in [5.41, 5.74) is 2.56. The quantitative estimate of drug-likeness (QED) is 0.412. The molecule has 0 atom stereocenters. The molecule has 30 heavy (non-hydrogen) atoms. The van der Waals surface area contributed by atoms with Crippen molar-refractivity contribution >= 4 is 35.2 Å². The van der Waals surface area contributed by atoms with E-state index in [1.807, 2.05) is 54.6 Å². The molecular weight excluding hydrogens is 402 g/mol. The third kappa shape index (κ3) is 5.96. The number of carbonyl (C=O) groups excluding carboxylic acids is 2. The highest BCUT2D eigenvalue weighted by Gasteiger charge is 2.10. The second kappa shape index (κ2) is 10.3. The maximum absolute atomic E-state index is 12.2. The average molecular weight is 422 g/mol. The number of ether oxygens (including phenoxy) is 2. The Morgan fingerprint density at radius 1 is 1.00 bits per heavy atom. The highest BCUT2D eigenvalue weighted by molar-refractivity contribution is 6.34. The molecule has 0 aromatic heterocycles. The zero-order chi connectivity index (χ0) is 21.3. The number of rotatable bonds is 7. The average Bonchev–Trinajstić information content (AvgIpc) is 2.78. The predicted octanol–water partition coefficient (Wildman–Crippen LogP) is 5.36. The molecule has 0 saturated heterocycles. The fourth-order valence-corrected chi connectivity index (χ4v) is 2.79. The van der Waals surface area contributed by atoms with Crippen molar-refractivity contribution in [1.82, 2.24) is 0 Å². The molecule has 0 bridgehead atoms. The first-order valence-corrected chi connectivity index (χ1v) is 9.56.